The van der Waals surface area contributed by atoms with Crippen LogP contribution in [0.3, 0.4) is 0 Å². The molecule has 8 aromatic rings. The summed E-state index contributed by atoms with van der Waals surface area (Å²) in [6.07, 6.45) is 6.13. The largest absolute Gasteiger partial charge is 0.340 e. The molecule has 4 atom stereocenters. The van der Waals surface area contributed by atoms with E-state index in [4.69, 9.17) is 9.47 Å². The highest BCUT2D eigenvalue weighted by Crippen LogP contribution is 2.75. The second-order valence-corrected chi connectivity index (χ2v) is 22.0. The predicted octanol–water partition coefficient (Wildman–Crippen LogP) is 12.3. The summed E-state index contributed by atoms with van der Waals surface area (Å²) in [5.41, 5.74) is 5.71. The normalized spacial score (nSPS) is 25.3. The van der Waals surface area contributed by atoms with E-state index < -0.39 is 45.5 Å². The molecule has 4 heterocycles. The molecule has 0 saturated carbocycles. The van der Waals surface area contributed by atoms with E-state index in [0.29, 0.717) is 22.3 Å². The Morgan fingerprint density at radius 2 is 0.543 bits per heavy atom. The fraction of sp³-hybridized carbons (Fsp3) is 0.188. The van der Waals surface area contributed by atoms with Gasteiger partial charge in [-0.15, -0.1) is 0 Å². The van der Waals surface area contributed by atoms with Gasteiger partial charge in [-0.1, -0.05) is 187 Å². The van der Waals surface area contributed by atoms with E-state index in [-0.39, 0.29) is 10.8 Å². The Bertz CT molecular complexity index is 3410. The molecule has 14 rings (SSSR count). The van der Waals surface area contributed by atoms with E-state index >= 15 is 0 Å². The number of rotatable bonds is 4. The van der Waals surface area contributed by atoms with Crippen molar-refractivity contribution in [3.63, 3.8) is 0 Å². The van der Waals surface area contributed by atoms with Crippen molar-refractivity contribution in [2.75, 3.05) is 0 Å². The summed E-state index contributed by atoms with van der Waals surface area (Å²) < 4.78 is 16.1. The van der Waals surface area contributed by atoms with E-state index in [1.54, 1.807) is 0 Å². The number of hydrogen-bond acceptors (Lipinski definition) is 6. The molecule has 0 aromatic heterocycles. The average molecular weight is 911 g/mol. The lowest BCUT2D eigenvalue weighted by molar-refractivity contribution is -0.131. The van der Waals surface area contributed by atoms with Gasteiger partial charge in [0.2, 0.25) is 23.1 Å². The molecule has 338 valence electrons. The zero-order valence-electron chi connectivity index (χ0n) is 39.6. The molecule has 2 aliphatic carbocycles. The second kappa shape index (κ2) is 13.2. The van der Waals surface area contributed by atoms with E-state index in [1.807, 2.05) is 72.8 Å². The average Bonchev–Trinajstić information content (AvgIpc) is 4.06. The molecule has 6 aliphatic rings. The van der Waals surface area contributed by atoms with Crippen LogP contribution in [0.1, 0.15) is 97.2 Å². The molecule has 70 heavy (non-hydrogen) atoms. The topological polar surface area (TPSA) is 86.7 Å². The van der Waals surface area contributed by atoms with Crippen LogP contribution in [0, 0.1) is 0 Å². The van der Waals surface area contributed by atoms with Crippen LogP contribution in [0.4, 0.5) is 0 Å². The minimum absolute atomic E-state index is 0.385. The predicted molar refractivity (Wildman–Crippen MR) is 271 cm³/mol. The maximum absolute atomic E-state index is 13.9. The Morgan fingerprint density at radius 1 is 0.329 bits per heavy atom. The van der Waals surface area contributed by atoms with Crippen molar-refractivity contribution >= 4 is 55.5 Å². The van der Waals surface area contributed by atoms with Crippen molar-refractivity contribution in [3.05, 3.63) is 248 Å². The Labute approximate surface area is 405 Å². The molecule has 6 heteroatoms. The van der Waals surface area contributed by atoms with Gasteiger partial charge < -0.3 is 9.47 Å². The third-order valence-electron chi connectivity index (χ3n) is 16.3. The van der Waals surface area contributed by atoms with Crippen LogP contribution < -0.4 is 0 Å². The SMILES string of the molecule is CC(C)(C)c1cc2c3c(c4cc(C(C)(C)C)cc5c6c(c(c1)c2c54)[C@]1(c2ccccc2)O[C@@]6(c2ccccc2)C2=CC(=O)C(=O)C=C21)[C@]1(c2ccccc2)O[C@@]3(c2ccccc2)C2=CC(=O)C(=O)C=C21. The standard InChI is InChI=1S/C64H46O6/c1-59(2,3)39-27-41-53-42(28-39)56-58(64(38-25-17-10-18-26-38)48-34-52(68)50(66)32-46(48)62(56,70-64)36-21-13-8-14-22-36)44-30-40(60(4,5)6)29-43(54(44)53)57-55(41)61(35-19-11-7-12-20-35)45-31-49(65)51(67)33-47(45)63(57,69-61)37-23-15-9-16-24-37/h7-34H,1-6H3/t61-,62+,63+,64-. The van der Waals surface area contributed by atoms with Crippen LogP contribution in [-0.2, 0) is 61.9 Å². The molecule has 0 N–H and O–H groups in total. The lowest BCUT2D eigenvalue weighted by Gasteiger charge is -2.39. The first-order valence-electron chi connectivity index (χ1n) is 24.1. The molecular formula is C64H46O6. The Balaban J connectivity index is 1.32. The minimum atomic E-state index is -1.34. The number of ketones is 4. The van der Waals surface area contributed by atoms with Crippen molar-refractivity contribution in [2.24, 2.45) is 0 Å². The van der Waals surface area contributed by atoms with Crippen molar-refractivity contribution in [3.8, 4) is 0 Å². The van der Waals surface area contributed by atoms with Crippen LogP contribution in [0.25, 0.3) is 32.3 Å². The maximum atomic E-state index is 13.9. The molecule has 0 spiro atoms. The third kappa shape index (κ3) is 4.72. The quantitative estimate of drug-likeness (QED) is 0.0993. The van der Waals surface area contributed by atoms with Crippen LogP contribution in [0.2, 0.25) is 0 Å². The Morgan fingerprint density at radius 3 is 0.743 bits per heavy atom. The van der Waals surface area contributed by atoms with E-state index in [1.165, 1.54) is 24.3 Å². The van der Waals surface area contributed by atoms with Gasteiger partial charge >= 0.3 is 0 Å². The first kappa shape index (κ1) is 41.3. The van der Waals surface area contributed by atoms with Gasteiger partial charge in [-0.05, 0) is 101 Å². The summed E-state index contributed by atoms with van der Waals surface area (Å²) in [6.45, 7) is 13.3. The molecular weight excluding hydrogens is 865 g/mol. The lowest BCUT2D eigenvalue weighted by atomic mass is 9.59. The minimum Gasteiger partial charge on any atom is -0.340 e. The summed E-state index contributed by atoms with van der Waals surface area (Å²) in [6, 6.07) is 49.9. The van der Waals surface area contributed by atoms with Crippen LogP contribution >= 0.6 is 0 Å². The molecule has 8 aromatic carbocycles. The van der Waals surface area contributed by atoms with E-state index in [9.17, 15) is 19.2 Å². The first-order chi connectivity index (χ1) is 33.6. The summed E-state index contributed by atoms with van der Waals surface area (Å²) in [4.78, 5) is 55.7. The van der Waals surface area contributed by atoms with Crippen molar-refractivity contribution in [2.45, 2.75) is 74.8 Å². The van der Waals surface area contributed by atoms with Crippen LogP contribution in [-0.4, -0.2) is 23.1 Å². The highest BCUT2D eigenvalue weighted by atomic mass is 16.5. The van der Waals surface area contributed by atoms with Crippen LogP contribution in [0.5, 0.6) is 0 Å². The van der Waals surface area contributed by atoms with Crippen molar-refractivity contribution in [1.29, 1.82) is 0 Å². The lowest BCUT2D eigenvalue weighted by Crippen LogP contribution is -2.34. The van der Waals surface area contributed by atoms with Gasteiger partial charge in [0.25, 0.3) is 0 Å². The number of allylic oxidation sites excluding steroid dienone is 4. The highest BCUT2D eigenvalue weighted by molar-refractivity contribution is 6.48. The van der Waals surface area contributed by atoms with Crippen molar-refractivity contribution < 1.29 is 28.7 Å². The number of benzene rings is 8. The van der Waals surface area contributed by atoms with Gasteiger partial charge in [-0.3, -0.25) is 19.2 Å². The number of carbonyl (C=O) groups excluding carboxylic acids is 4. The van der Waals surface area contributed by atoms with Gasteiger partial charge in [0.1, 0.15) is 22.4 Å². The second-order valence-electron chi connectivity index (χ2n) is 22.0. The fourth-order valence-electron chi connectivity index (χ4n) is 13.3. The van der Waals surface area contributed by atoms with Gasteiger partial charge in [-0.2, -0.15) is 0 Å². The van der Waals surface area contributed by atoms with Gasteiger partial charge in [0, 0.05) is 44.5 Å². The Kier molecular flexibility index (Phi) is 7.77. The fourth-order valence-corrected chi connectivity index (χ4v) is 13.3. The third-order valence-corrected chi connectivity index (χ3v) is 16.3. The first-order valence-corrected chi connectivity index (χ1v) is 24.1. The van der Waals surface area contributed by atoms with Gasteiger partial charge in [0.15, 0.2) is 0 Å². The summed E-state index contributed by atoms with van der Waals surface area (Å²) in [7, 11) is 0. The summed E-state index contributed by atoms with van der Waals surface area (Å²) >= 11 is 0. The molecule has 4 aliphatic heterocycles. The molecule has 2 saturated heterocycles. The number of carbonyl (C=O) groups is 4. The number of hydrogen-bond donors (Lipinski definition) is 0. The molecule has 0 amide bonds. The Hall–Kier alpha value is -7.64. The number of fused-ring (bicyclic) bond motifs is 20. The van der Waals surface area contributed by atoms with E-state index in [0.717, 1.165) is 88.0 Å². The maximum Gasteiger partial charge on any atom is 0.226 e. The smallest absolute Gasteiger partial charge is 0.226 e. The van der Waals surface area contributed by atoms with Gasteiger partial charge in [-0.25, -0.2) is 0 Å². The van der Waals surface area contributed by atoms with Crippen molar-refractivity contribution in [1.82, 2.24) is 0 Å². The van der Waals surface area contributed by atoms with Crippen LogP contribution in [0.15, 0.2) is 192 Å². The summed E-state index contributed by atoms with van der Waals surface area (Å²) in [5, 5.41) is 5.87. The molecule has 2 fully saturated rings. The highest BCUT2D eigenvalue weighted by Gasteiger charge is 2.71. The molecule has 6 nitrogen and oxygen atoms in total. The zero-order chi connectivity index (χ0) is 48.1. The van der Waals surface area contributed by atoms with Gasteiger partial charge in [0.05, 0.1) is 0 Å². The molecule has 4 bridgehead atoms. The van der Waals surface area contributed by atoms with E-state index in [2.05, 4.69) is 114 Å². The monoisotopic (exact) mass is 910 g/mol. The zero-order valence-corrected chi connectivity index (χ0v) is 39.6. The molecule has 0 unspecified atom stereocenters. The summed E-state index contributed by atoms with van der Waals surface area (Å²) in [5.74, 6) is -2.34. The number of ether oxygens (including phenoxy) is 2. The molecule has 0 radical (unpaired) electrons.